The molecule has 3 heterocycles. The van der Waals surface area contributed by atoms with Crippen molar-refractivity contribution in [1.82, 2.24) is 10.2 Å². The second-order valence-electron chi connectivity index (χ2n) is 6.32. The van der Waals surface area contributed by atoms with E-state index in [1.807, 2.05) is 6.92 Å². The average Bonchev–Trinajstić information content (AvgIpc) is 3.23. The third kappa shape index (κ3) is 2.18. The second kappa shape index (κ2) is 6.05. The Morgan fingerprint density at radius 2 is 2.12 bits per heavy atom. The number of amides is 2. The number of rotatable bonds is 5. The third-order valence-corrected chi connectivity index (χ3v) is 5.01. The average molecular weight is 334 g/mol. The van der Waals surface area contributed by atoms with Gasteiger partial charge in [-0.25, -0.2) is 0 Å². The molecule has 0 bridgehead atoms. The largest absolute Gasteiger partial charge is 0.468 e. The number of hydrogen-bond donors (Lipinski definition) is 1. The van der Waals surface area contributed by atoms with Crippen molar-refractivity contribution >= 4 is 17.8 Å². The van der Waals surface area contributed by atoms with Gasteiger partial charge in [0.1, 0.15) is 11.3 Å². The summed E-state index contributed by atoms with van der Waals surface area (Å²) in [5.74, 6) is -2.00. The van der Waals surface area contributed by atoms with Crippen LogP contribution >= 0.6 is 0 Å². The van der Waals surface area contributed by atoms with Crippen LogP contribution in [0.1, 0.15) is 38.5 Å². The van der Waals surface area contributed by atoms with Crippen molar-refractivity contribution in [2.75, 3.05) is 13.7 Å². The molecule has 24 heavy (non-hydrogen) atoms. The molecule has 0 aromatic carbocycles. The van der Waals surface area contributed by atoms with E-state index in [9.17, 15) is 14.4 Å². The SMILES string of the molecule is CCC[C@]1(C(=O)OCC)N[C@@H](c2ccco2)[C@H]2C(=O)N(C)C(=O)[C@H]21. The maximum atomic E-state index is 12.8. The molecule has 2 saturated heterocycles. The van der Waals surface area contributed by atoms with Crippen LogP contribution in [0, 0.1) is 11.8 Å². The number of fused-ring (bicyclic) bond motifs is 1. The van der Waals surface area contributed by atoms with Gasteiger partial charge in [0.15, 0.2) is 0 Å². The molecule has 7 nitrogen and oxygen atoms in total. The van der Waals surface area contributed by atoms with E-state index in [0.717, 1.165) is 4.90 Å². The van der Waals surface area contributed by atoms with Crippen LogP contribution in [0.3, 0.4) is 0 Å². The lowest BCUT2D eigenvalue weighted by atomic mass is 9.77. The molecule has 1 N–H and O–H groups in total. The maximum absolute atomic E-state index is 12.8. The molecular weight excluding hydrogens is 312 g/mol. The normalized spacial score (nSPS) is 32.3. The highest BCUT2D eigenvalue weighted by Crippen LogP contribution is 2.50. The van der Waals surface area contributed by atoms with Gasteiger partial charge >= 0.3 is 5.97 Å². The Morgan fingerprint density at radius 1 is 1.38 bits per heavy atom. The molecule has 0 saturated carbocycles. The van der Waals surface area contributed by atoms with Crippen LogP contribution in [0.4, 0.5) is 0 Å². The molecule has 0 unspecified atom stereocenters. The standard InChI is InChI=1S/C17H22N2O5/c1-4-8-17(16(22)23-5-2)12-11(14(20)19(3)15(12)21)13(18-17)10-7-6-9-24-10/h6-7,9,11-13,18H,4-5,8H2,1-3H3/t11-,12-,13-,17-/m0/s1. The fourth-order valence-corrected chi connectivity index (χ4v) is 4.03. The monoisotopic (exact) mass is 334 g/mol. The summed E-state index contributed by atoms with van der Waals surface area (Å²) in [6.07, 6.45) is 2.60. The van der Waals surface area contributed by atoms with Gasteiger partial charge in [-0.2, -0.15) is 0 Å². The van der Waals surface area contributed by atoms with E-state index in [2.05, 4.69) is 5.32 Å². The number of carbonyl (C=O) groups excluding carboxylic acids is 3. The van der Waals surface area contributed by atoms with Gasteiger partial charge in [0.2, 0.25) is 11.8 Å². The molecule has 2 amide bonds. The third-order valence-electron chi connectivity index (χ3n) is 5.01. The zero-order valence-corrected chi connectivity index (χ0v) is 14.1. The first-order valence-electron chi connectivity index (χ1n) is 8.27. The van der Waals surface area contributed by atoms with Crippen molar-refractivity contribution in [3.8, 4) is 0 Å². The molecule has 4 atom stereocenters. The molecular formula is C17H22N2O5. The Labute approximate surface area is 140 Å². The Hall–Kier alpha value is -2.15. The number of furan rings is 1. The van der Waals surface area contributed by atoms with Gasteiger partial charge in [0.05, 0.1) is 30.7 Å². The Kier molecular flexibility index (Phi) is 4.21. The van der Waals surface area contributed by atoms with Crippen molar-refractivity contribution in [3.05, 3.63) is 24.2 Å². The van der Waals surface area contributed by atoms with E-state index in [1.165, 1.54) is 13.3 Å². The van der Waals surface area contributed by atoms with Gasteiger partial charge in [-0.1, -0.05) is 13.3 Å². The smallest absolute Gasteiger partial charge is 0.327 e. The van der Waals surface area contributed by atoms with E-state index in [4.69, 9.17) is 9.15 Å². The predicted octanol–water partition coefficient (Wildman–Crippen LogP) is 1.26. The summed E-state index contributed by atoms with van der Waals surface area (Å²) in [4.78, 5) is 39.3. The quantitative estimate of drug-likeness (QED) is 0.644. The van der Waals surface area contributed by atoms with Gasteiger partial charge in [-0.15, -0.1) is 0 Å². The van der Waals surface area contributed by atoms with Crippen LogP contribution < -0.4 is 5.32 Å². The van der Waals surface area contributed by atoms with Crippen molar-refractivity contribution in [2.45, 2.75) is 38.3 Å². The van der Waals surface area contributed by atoms with Gasteiger partial charge in [0, 0.05) is 7.05 Å². The number of imide groups is 1. The fraction of sp³-hybridized carbons (Fsp3) is 0.588. The lowest BCUT2D eigenvalue weighted by Crippen LogP contribution is -2.56. The van der Waals surface area contributed by atoms with E-state index in [1.54, 1.807) is 19.1 Å². The summed E-state index contributed by atoms with van der Waals surface area (Å²) >= 11 is 0. The van der Waals surface area contributed by atoms with Gasteiger partial charge < -0.3 is 9.15 Å². The molecule has 3 rings (SSSR count). The highest BCUT2D eigenvalue weighted by Gasteiger charge is 2.68. The minimum absolute atomic E-state index is 0.215. The zero-order valence-electron chi connectivity index (χ0n) is 14.1. The van der Waals surface area contributed by atoms with Gasteiger partial charge in [-0.05, 0) is 25.5 Å². The van der Waals surface area contributed by atoms with E-state index < -0.39 is 29.4 Å². The predicted molar refractivity (Wildman–Crippen MR) is 83.6 cm³/mol. The van der Waals surface area contributed by atoms with Gasteiger partial charge in [0.25, 0.3) is 0 Å². The number of ether oxygens (including phenoxy) is 1. The number of likely N-dealkylation sites (tertiary alicyclic amines) is 1. The molecule has 2 fully saturated rings. The molecule has 2 aliphatic heterocycles. The molecule has 130 valence electrons. The van der Waals surface area contributed by atoms with Crippen LogP contribution in [-0.4, -0.2) is 41.9 Å². The molecule has 0 spiro atoms. The first-order chi connectivity index (χ1) is 11.5. The van der Waals surface area contributed by atoms with E-state index in [0.29, 0.717) is 18.6 Å². The van der Waals surface area contributed by atoms with Gasteiger partial charge in [-0.3, -0.25) is 24.6 Å². The van der Waals surface area contributed by atoms with E-state index >= 15 is 0 Å². The molecule has 0 aliphatic carbocycles. The minimum atomic E-state index is -1.20. The second-order valence-corrected chi connectivity index (χ2v) is 6.32. The Morgan fingerprint density at radius 3 is 2.71 bits per heavy atom. The highest BCUT2D eigenvalue weighted by molar-refractivity contribution is 6.09. The number of nitrogens with one attached hydrogen (secondary N) is 1. The van der Waals surface area contributed by atoms with E-state index in [-0.39, 0.29) is 18.4 Å². The Bertz CT molecular complexity index is 656. The number of nitrogens with zero attached hydrogens (tertiary/aromatic N) is 1. The lowest BCUT2D eigenvalue weighted by molar-refractivity contribution is -0.156. The number of esters is 1. The summed E-state index contributed by atoms with van der Waals surface area (Å²) < 4.78 is 10.7. The van der Waals surface area contributed by atoms with Crippen molar-refractivity contribution in [3.63, 3.8) is 0 Å². The first kappa shape index (κ1) is 16.7. The highest BCUT2D eigenvalue weighted by atomic mass is 16.5. The topological polar surface area (TPSA) is 88.8 Å². The first-order valence-corrected chi connectivity index (χ1v) is 8.27. The van der Waals surface area contributed by atoms with Crippen LogP contribution in [0.2, 0.25) is 0 Å². The lowest BCUT2D eigenvalue weighted by Gasteiger charge is -2.32. The van der Waals surface area contributed by atoms with Crippen molar-refractivity contribution in [1.29, 1.82) is 0 Å². The van der Waals surface area contributed by atoms with Crippen molar-refractivity contribution in [2.24, 2.45) is 11.8 Å². The zero-order chi connectivity index (χ0) is 17.5. The molecule has 1 aromatic heterocycles. The van der Waals surface area contributed by atoms with Crippen LogP contribution in [0.5, 0.6) is 0 Å². The summed E-state index contributed by atoms with van der Waals surface area (Å²) in [6.45, 7) is 3.87. The van der Waals surface area contributed by atoms with Crippen molar-refractivity contribution < 1.29 is 23.5 Å². The number of carbonyl (C=O) groups is 3. The molecule has 7 heteroatoms. The number of hydrogen-bond acceptors (Lipinski definition) is 6. The molecule has 2 aliphatic rings. The Balaban J connectivity index is 2.10. The van der Waals surface area contributed by atoms with Crippen LogP contribution in [-0.2, 0) is 19.1 Å². The van der Waals surface area contributed by atoms with Crippen LogP contribution in [0.15, 0.2) is 22.8 Å². The minimum Gasteiger partial charge on any atom is -0.468 e. The molecule has 0 radical (unpaired) electrons. The van der Waals surface area contributed by atoms with Crippen LogP contribution in [0.25, 0.3) is 0 Å². The summed E-state index contributed by atoms with van der Waals surface area (Å²) in [7, 11) is 1.46. The maximum Gasteiger partial charge on any atom is 0.327 e. The molecule has 1 aromatic rings. The summed E-state index contributed by atoms with van der Waals surface area (Å²) in [6, 6.07) is 2.95. The summed E-state index contributed by atoms with van der Waals surface area (Å²) in [5, 5.41) is 3.24. The summed E-state index contributed by atoms with van der Waals surface area (Å²) in [5.41, 5.74) is -1.20. The fourth-order valence-electron chi connectivity index (χ4n) is 4.03.